The summed E-state index contributed by atoms with van der Waals surface area (Å²) in [5.74, 6) is 3.51. The molecule has 0 atom stereocenters. The Hall–Kier alpha value is -2.41. The summed E-state index contributed by atoms with van der Waals surface area (Å²) >= 11 is 6.31. The molecule has 0 bridgehead atoms. The smallest absolute Gasteiger partial charge is 0.216 e. The van der Waals surface area contributed by atoms with E-state index in [0.717, 1.165) is 24.3 Å². The summed E-state index contributed by atoms with van der Waals surface area (Å²) in [5.41, 5.74) is 1.01. The molecule has 0 saturated carbocycles. The van der Waals surface area contributed by atoms with Crippen LogP contribution in [-0.2, 0) is 18.4 Å². The molecule has 0 saturated heterocycles. The Morgan fingerprint density at radius 2 is 2.00 bits per heavy atom. The molecule has 0 amide bonds. The molecule has 0 radical (unpaired) electrons. The van der Waals surface area contributed by atoms with Gasteiger partial charge in [0.15, 0.2) is 17.5 Å². The van der Waals surface area contributed by atoms with Crippen molar-refractivity contribution in [3.63, 3.8) is 0 Å². The third kappa shape index (κ3) is 5.79. The molecule has 2 aromatic rings. The number of guanidine groups is 1. The summed E-state index contributed by atoms with van der Waals surface area (Å²) in [4.78, 5) is 8.89. The molecule has 2 N–H and O–H groups in total. The minimum atomic E-state index is -0.0668. The van der Waals surface area contributed by atoms with E-state index in [1.807, 2.05) is 19.1 Å². The molecular formula is C21H29ClN4O3. The van der Waals surface area contributed by atoms with Gasteiger partial charge in [-0.15, -0.1) is 0 Å². The first-order chi connectivity index (χ1) is 13.9. The van der Waals surface area contributed by atoms with Crippen LogP contribution in [0.15, 0.2) is 27.7 Å². The molecule has 0 fully saturated rings. The average molecular weight is 421 g/mol. The molecule has 2 heterocycles. The number of ether oxygens (including phenoxy) is 2. The minimum absolute atomic E-state index is 0.0668. The molecule has 3 rings (SSSR count). The van der Waals surface area contributed by atoms with Gasteiger partial charge in [0.25, 0.3) is 0 Å². The van der Waals surface area contributed by atoms with Gasteiger partial charge in [-0.3, -0.25) is 0 Å². The molecular weight excluding hydrogens is 392 g/mol. The number of nitrogens with zero attached hydrogens (tertiary/aromatic N) is 2. The van der Waals surface area contributed by atoms with Crippen LogP contribution in [0.25, 0.3) is 0 Å². The second-order valence-electron chi connectivity index (χ2n) is 7.84. The Balaban J connectivity index is 1.57. The SMILES string of the molecule is CCNC(=NCc1ncc(C(C)(C)C)o1)NCCc1cc(Cl)c2c(c1)OCCO2. The van der Waals surface area contributed by atoms with E-state index in [9.17, 15) is 0 Å². The van der Waals surface area contributed by atoms with Gasteiger partial charge in [0.05, 0.1) is 11.2 Å². The van der Waals surface area contributed by atoms with Crippen molar-refractivity contribution in [3.8, 4) is 11.5 Å². The van der Waals surface area contributed by atoms with E-state index in [0.29, 0.717) is 54.7 Å². The Morgan fingerprint density at radius 3 is 2.72 bits per heavy atom. The highest BCUT2D eigenvalue weighted by Gasteiger charge is 2.19. The summed E-state index contributed by atoms with van der Waals surface area (Å²) in [6.45, 7) is 11.2. The van der Waals surface area contributed by atoms with Gasteiger partial charge < -0.3 is 24.5 Å². The zero-order chi connectivity index (χ0) is 20.9. The average Bonchev–Trinajstić information content (AvgIpc) is 3.16. The van der Waals surface area contributed by atoms with Crippen LogP contribution in [0.2, 0.25) is 5.02 Å². The predicted molar refractivity (Wildman–Crippen MR) is 114 cm³/mol. The second-order valence-corrected chi connectivity index (χ2v) is 8.25. The first kappa shape index (κ1) is 21.3. The highest BCUT2D eigenvalue weighted by molar-refractivity contribution is 6.32. The predicted octanol–water partition coefficient (Wildman–Crippen LogP) is 3.69. The first-order valence-corrected chi connectivity index (χ1v) is 10.3. The van der Waals surface area contributed by atoms with Gasteiger partial charge in [-0.25, -0.2) is 9.98 Å². The number of benzene rings is 1. The topological polar surface area (TPSA) is 80.9 Å². The quantitative estimate of drug-likeness (QED) is 0.548. The molecule has 158 valence electrons. The fraction of sp³-hybridized carbons (Fsp3) is 0.524. The number of aliphatic imine (C=N–C) groups is 1. The van der Waals surface area contributed by atoms with Crippen LogP contribution in [0.4, 0.5) is 0 Å². The molecule has 29 heavy (non-hydrogen) atoms. The summed E-state index contributed by atoms with van der Waals surface area (Å²) in [6, 6.07) is 3.90. The molecule has 8 heteroatoms. The molecule has 0 aliphatic carbocycles. The highest BCUT2D eigenvalue weighted by Crippen LogP contribution is 2.38. The Bertz CT molecular complexity index is 858. The fourth-order valence-electron chi connectivity index (χ4n) is 2.85. The summed E-state index contributed by atoms with van der Waals surface area (Å²) in [6.07, 6.45) is 2.55. The number of fused-ring (bicyclic) bond motifs is 1. The van der Waals surface area contributed by atoms with Gasteiger partial charge in [-0.1, -0.05) is 32.4 Å². The molecule has 1 aliphatic heterocycles. The zero-order valence-electron chi connectivity index (χ0n) is 17.5. The van der Waals surface area contributed by atoms with Crippen molar-refractivity contribution in [1.82, 2.24) is 15.6 Å². The molecule has 0 spiro atoms. The third-order valence-corrected chi connectivity index (χ3v) is 4.65. The summed E-state index contributed by atoms with van der Waals surface area (Å²) < 4.78 is 17.0. The Labute approximate surface area is 176 Å². The molecule has 1 aromatic heterocycles. The maximum absolute atomic E-state index is 6.31. The molecule has 1 aromatic carbocycles. The van der Waals surface area contributed by atoms with Crippen molar-refractivity contribution in [2.24, 2.45) is 4.99 Å². The number of oxazole rings is 1. The van der Waals surface area contributed by atoms with Crippen LogP contribution < -0.4 is 20.1 Å². The maximum atomic E-state index is 6.31. The third-order valence-electron chi connectivity index (χ3n) is 4.37. The van der Waals surface area contributed by atoms with Gasteiger partial charge >= 0.3 is 0 Å². The Kier molecular flexibility index (Phi) is 6.90. The van der Waals surface area contributed by atoms with Crippen LogP contribution in [0, 0.1) is 0 Å². The van der Waals surface area contributed by atoms with Crippen LogP contribution in [0.5, 0.6) is 11.5 Å². The number of hydrogen-bond acceptors (Lipinski definition) is 5. The van der Waals surface area contributed by atoms with E-state index >= 15 is 0 Å². The van der Waals surface area contributed by atoms with E-state index in [1.54, 1.807) is 6.20 Å². The zero-order valence-corrected chi connectivity index (χ0v) is 18.2. The second kappa shape index (κ2) is 9.39. The Morgan fingerprint density at radius 1 is 1.21 bits per heavy atom. The molecule has 7 nitrogen and oxygen atoms in total. The number of rotatable bonds is 6. The largest absolute Gasteiger partial charge is 0.486 e. The lowest BCUT2D eigenvalue weighted by molar-refractivity contribution is 0.171. The van der Waals surface area contributed by atoms with Crippen LogP contribution >= 0.6 is 11.6 Å². The van der Waals surface area contributed by atoms with Gasteiger partial charge in [0.2, 0.25) is 5.89 Å². The van der Waals surface area contributed by atoms with Gasteiger partial charge in [-0.05, 0) is 31.0 Å². The van der Waals surface area contributed by atoms with E-state index < -0.39 is 0 Å². The van der Waals surface area contributed by atoms with Crippen LogP contribution in [0.1, 0.15) is 44.9 Å². The fourth-order valence-corrected chi connectivity index (χ4v) is 3.14. The van der Waals surface area contributed by atoms with Crippen LogP contribution in [-0.4, -0.2) is 37.2 Å². The summed E-state index contributed by atoms with van der Waals surface area (Å²) in [5, 5.41) is 7.15. The van der Waals surface area contributed by atoms with E-state index in [1.165, 1.54) is 0 Å². The normalized spacial score (nSPS) is 14.0. The number of halogens is 1. The van der Waals surface area contributed by atoms with Crippen molar-refractivity contribution < 1.29 is 13.9 Å². The van der Waals surface area contributed by atoms with Gasteiger partial charge in [0.1, 0.15) is 25.5 Å². The lowest BCUT2D eigenvalue weighted by atomic mass is 9.94. The van der Waals surface area contributed by atoms with Crippen molar-refractivity contribution >= 4 is 17.6 Å². The standard InChI is InChI=1S/C21H29ClN4O3/c1-5-23-20(26-13-18-25-12-17(29-18)21(2,3)4)24-7-6-14-10-15(22)19-16(11-14)27-8-9-28-19/h10-12H,5-9,13H2,1-4H3,(H2,23,24,26). The number of nitrogens with one attached hydrogen (secondary N) is 2. The molecule has 0 unspecified atom stereocenters. The first-order valence-electron chi connectivity index (χ1n) is 9.92. The lowest BCUT2D eigenvalue weighted by Gasteiger charge is -2.20. The molecule has 1 aliphatic rings. The minimum Gasteiger partial charge on any atom is -0.486 e. The van der Waals surface area contributed by atoms with Gasteiger partial charge in [-0.2, -0.15) is 0 Å². The van der Waals surface area contributed by atoms with E-state index in [-0.39, 0.29) is 5.41 Å². The monoisotopic (exact) mass is 420 g/mol. The lowest BCUT2D eigenvalue weighted by Crippen LogP contribution is -2.38. The van der Waals surface area contributed by atoms with Crippen molar-refractivity contribution in [2.45, 2.75) is 46.1 Å². The number of hydrogen-bond donors (Lipinski definition) is 2. The maximum Gasteiger partial charge on any atom is 0.216 e. The summed E-state index contributed by atoms with van der Waals surface area (Å²) in [7, 11) is 0. The van der Waals surface area contributed by atoms with Crippen molar-refractivity contribution in [3.05, 3.63) is 40.6 Å². The van der Waals surface area contributed by atoms with E-state index in [4.69, 9.17) is 25.5 Å². The highest BCUT2D eigenvalue weighted by atomic mass is 35.5. The van der Waals surface area contributed by atoms with Crippen molar-refractivity contribution in [1.29, 1.82) is 0 Å². The van der Waals surface area contributed by atoms with Crippen molar-refractivity contribution in [2.75, 3.05) is 26.3 Å². The van der Waals surface area contributed by atoms with Crippen LogP contribution in [0.3, 0.4) is 0 Å². The number of aromatic nitrogens is 1. The van der Waals surface area contributed by atoms with Gasteiger partial charge in [0, 0.05) is 18.5 Å². The van der Waals surface area contributed by atoms with E-state index in [2.05, 4.69) is 41.4 Å².